The van der Waals surface area contributed by atoms with E-state index in [0.717, 1.165) is 10.5 Å². The second-order valence-electron chi connectivity index (χ2n) is 5.95. The molecule has 0 unspecified atom stereocenters. The van der Waals surface area contributed by atoms with E-state index in [4.69, 9.17) is 46.4 Å². The zero-order valence-corrected chi connectivity index (χ0v) is 18.9. The van der Waals surface area contributed by atoms with Gasteiger partial charge < -0.3 is 0 Å². The van der Waals surface area contributed by atoms with Crippen molar-refractivity contribution in [1.82, 2.24) is 0 Å². The van der Waals surface area contributed by atoms with Crippen LogP contribution < -0.4 is 0 Å². The maximum atomic E-state index is 13.0. The summed E-state index contributed by atoms with van der Waals surface area (Å²) >= 11 is 25.4. The lowest BCUT2D eigenvalue weighted by Crippen LogP contribution is -2.13. The van der Waals surface area contributed by atoms with Crippen LogP contribution >= 0.6 is 58.2 Å². The van der Waals surface area contributed by atoms with E-state index in [1.165, 1.54) is 30.0 Å². The first kappa shape index (κ1) is 21.8. The molecule has 0 heterocycles. The molecule has 8 heteroatoms. The highest BCUT2D eigenvalue weighted by Crippen LogP contribution is 2.39. The Kier molecular flexibility index (Phi) is 7.24. The highest BCUT2D eigenvalue weighted by molar-refractivity contribution is 8.01. The molecule has 0 saturated heterocycles. The minimum Gasteiger partial charge on any atom is -0.224 e. The van der Waals surface area contributed by atoms with Crippen molar-refractivity contribution < 1.29 is 8.42 Å². The normalized spacial score (nSPS) is 12.7. The van der Waals surface area contributed by atoms with E-state index in [1.807, 2.05) is 36.4 Å². The molecule has 0 bridgehead atoms. The molecule has 1 atom stereocenters. The van der Waals surface area contributed by atoms with Crippen LogP contribution in [0.25, 0.3) is 0 Å². The lowest BCUT2D eigenvalue weighted by atomic mass is 10.2. The Morgan fingerprint density at radius 1 is 0.750 bits per heavy atom. The summed E-state index contributed by atoms with van der Waals surface area (Å²) in [4.78, 5) is 0.963. The molecular weight excluding hydrogens is 478 g/mol. The number of hydrogen-bond donors (Lipinski definition) is 0. The minimum absolute atomic E-state index is 0.111. The summed E-state index contributed by atoms with van der Waals surface area (Å²) in [6.07, 6.45) is 0. The Morgan fingerprint density at radius 2 is 1.36 bits per heavy atom. The number of thioether (sulfide) groups is 1. The molecule has 0 N–H and O–H groups in total. The van der Waals surface area contributed by atoms with Gasteiger partial charge in [-0.2, -0.15) is 0 Å². The molecule has 0 saturated carbocycles. The molecule has 28 heavy (non-hydrogen) atoms. The number of benzene rings is 3. The van der Waals surface area contributed by atoms with Gasteiger partial charge in [0.05, 0.1) is 30.7 Å². The zero-order chi connectivity index (χ0) is 20.3. The summed E-state index contributed by atoms with van der Waals surface area (Å²) in [5.41, 5.74) is 0.891. The Labute approximate surface area is 188 Å². The molecule has 3 aromatic rings. The van der Waals surface area contributed by atoms with E-state index < -0.39 is 9.84 Å². The third kappa shape index (κ3) is 5.38. The van der Waals surface area contributed by atoms with Gasteiger partial charge >= 0.3 is 0 Å². The minimum atomic E-state index is -3.61. The van der Waals surface area contributed by atoms with Gasteiger partial charge in [0, 0.05) is 10.1 Å². The number of hydrogen-bond acceptors (Lipinski definition) is 3. The molecule has 0 aromatic heterocycles. The first-order valence-corrected chi connectivity index (χ1v) is 12.1. The standard InChI is InChI=1S/C20H14Cl4O2S2/c21-16-8-6-14(10-18(16)23)27-20(13-4-2-1-3-5-13)12-28(25,26)15-7-9-17(22)19(24)11-15/h1-11,20H,12H2/t20-/m0/s1. The molecule has 0 aliphatic carbocycles. The van der Waals surface area contributed by atoms with Crippen LogP contribution in [-0.2, 0) is 9.84 Å². The molecule has 0 aliphatic rings. The number of rotatable bonds is 6. The van der Waals surface area contributed by atoms with Crippen molar-refractivity contribution in [2.75, 3.05) is 5.75 Å². The van der Waals surface area contributed by atoms with E-state index in [-0.39, 0.29) is 20.9 Å². The van der Waals surface area contributed by atoms with E-state index in [9.17, 15) is 8.42 Å². The number of halogens is 4. The number of sulfone groups is 1. The SMILES string of the molecule is O=S(=O)(C[C@H](Sc1ccc(Cl)c(Cl)c1)c1ccccc1)c1ccc(Cl)c(Cl)c1. The average Bonchev–Trinajstić information content (AvgIpc) is 2.67. The first-order chi connectivity index (χ1) is 13.3. The van der Waals surface area contributed by atoms with Crippen molar-refractivity contribution in [2.24, 2.45) is 0 Å². The molecule has 3 rings (SSSR count). The van der Waals surface area contributed by atoms with Crippen molar-refractivity contribution in [3.8, 4) is 0 Å². The van der Waals surface area contributed by atoms with Crippen LogP contribution in [0, 0.1) is 0 Å². The van der Waals surface area contributed by atoms with Crippen LogP contribution in [-0.4, -0.2) is 14.2 Å². The van der Waals surface area contributed by atoms with Gasteiger partial charge in [-0.1, -0.05) is 76.7 Å². The van der Waals surface area contributed by atoms with Crippen molar-refractivity contribution in [3.05, 3.63) is 92.4 Å². The average molecular weight is 492 g/mol. The van der Waals surface area contributed by atoms with Crippen molar-refractivity contribution >= 4 is 68.0 Å². The van der Waals surface area contributed by atoms with Crippen LogP contribution in [0.1, 0.15) is 10.8 Å². The largest absolute Gasteiger partial charge is 0.224 e. The fourth-order valence-corrected chi connectivity index (χ4v) is 6.39. The summed E-state index contributed by atoms with van der Waals surface area (Å²) in [7, 11) is -3.61. The summed E-state index contributed by atoms with van der Waals surface area (Å²) in [5.74, 6) is -0.111. The Bertz CT molecular complexity index is 1090. The summed E-state index contributed by atoms with van der Waals surface area (Å²) in [6, 6.07) is 19.0. The van der Waals surface area contributed by atoms with Crippen LogP contribution in [0.2, 0.25) is 20.1 Å². The second kappa shape index (κ2) is 9.29. The highest BCUT2D eigenvalue weighted by Gasteiger charge is 2.24. The van der Waals surface area contributed by atoms with Gasteiger partial charge in [-0.3, -0.25) is 0 Å². The smallest absolute Gasteiger partial charge is 0.179 e. The second-order valence-corrected chi connectivity index (χ2v) is 10.9. The molecule has 0 fully saturated rings. The molecule has 146 valence electrons. The Hall–Kier alpha value is -0.880. The summed E-state index contributed by atoms with van der Waals surface area (Å²) in [5, 5.41) is 1.04. The topological polar surface area (TPSA) is 34.1 Å². The van der Waals surface area contributed by atoms with E-state index in [2.05, 4.69) is 0 Å². The quantitative estimate of drug-likeness (QED) is 0.332. The molecule has 0 spiro atoms. The Balaban J connectivity index is 1.94. The molecular formula is C20H14Cl4O2S2. The van der Waals surface area contributed by atoms with Crippen LogP contribution in [0.5, 0.6) is 0 Å². The molecule has 3 aromatic carbocycles. The third-order valence-corrected chi connectivity index (χ3v) is 8.64. The highest BCUT2D eigenvalue weighted by atomic mass is 35.5. The van der Waals surface area contributed by atoms with Crippen molar-refractivity contribution in [1.29, 1.82) is 0 Å². The lowest BCUT2D eigenvalue weighted by Gasteiger charge is -2.18. The van der Waals surface area contributed by atoms with Crippen LogP contribution in [0.3, 0.4) is 0 Å². The van der Waals surface area contributed by atoms with Gasteiger partial charge in [-0.05, 0) is 42.0 Å². The monoisotopic (exact) mass is 490 g/mol. The van der Waals surface area contributed by atoms with Gasteiger partial charge in [-0.25, -0.2) is 8.42 Å². The van der Waals surface area contributed by atoms with E-state index in [1.54, 1.807) is 12.1 Å². The van der Waals surface area contributed by atoms with Gasteiger partial charge in [0.2, 0.25) is 0 Å². The molecule has 0 aliphatic heterocycles. The first-order valence-electron chi connectivity index (χ1n) is 8.11. The van der Waals surface area contributed by atoms with E-state index >= 15 is 0 Å². The van der Waals surface area contributed by atoms with Gasteiger partial charge in [0.15, 0.2) is 9.84 Å². The fourth-order valence-electron chi connectivity index (χ4n) is 2.55. The molecule has 0 amide bonds. The van der Waals surface area contributed by atoms with Gasteiger partial charge in [0.1, 0.15) is 0 Å². The van der Waals surface area contributed by atoms with Gasteiger partial charge in [-0.15, -0.1) is 11.8 Å². The van der Waals surface area contributed by atoms with Crippen LogP contribution in [0.15, 0.2) is 76.5 Å². The summed E-state index contributed by atoms with van der Waals surface area (Å²) in [6.45, 7) is 0. The van der Waals surface area contributed by atoms with Gasteiger partial charge in [0.25, 0.3) is 0 Å². The fraction of sp³-hybridized carbons (Fsp3) is 0.100. The molecule has 0 radical (unpaired) electrons. The predicted octanol–water partition coefficient (Wildman–Crippen LogP) is 7.61. The van der Waals surface area contributed by atoms with Crippen LogP contribution in [0.4, 0.5) is 0 Å². The maximum Gasteiger partial charge on any atom is 0.179 e. The zero-order valence-electron chi connectivity index (χ0n) is 14.3. The summed E-state index contributed by atoms with van der Waals surface area (Å²) < 4.78 is 26.1. The van der Waals surface area contributed by atoms with Crippen molar-refractivity contribution in [3.63, 3.8) is 0 Å². The lowest BCUT2D eigenvalue weighted by molar-refractivity contribution is 0.595. The predicted molar refractivity (Wildman–Crippen MR) is 120 cm³/mol. The van der Waals surface area contributed by atoms with E-state index in [0.29, 0.717) is 15.1 Å². The molecule has 2 nitrogen and oxygen atoms in total. The third-order valence-electron chi connectivity index (χ3n) is 3.96. The van der Waals surface area contributed by atoms with Crippen molar-refractivity contribution in [2.45, 2.75) is 15.0 Å². The maximum absolute atomic E-state index is 13.0. The Morgan fingerprint density at radius 3 is 1.96 bits per heavy atom.